The lowest BCUT2D eigenvalue weighted by Crippen LogP contribution is -2.48. The maximum absolute atomic E-state index is 13.4. The third-order valence-electron chi connectivity index (χ3n) is 5.12. The van der Waals surface area contributed by atoms with Crippen LogP contribution in [0.15, 0.2) is 54.6 Å². The van der Waals surface area contributed by atoms with Gasteiger partial charge in [0.25, 0.3) is 0 Å². The SMILES string of the molecule is CCCCN(C(=O)CNC(=O)OC(C)(C)C)C(C(=O)NCc1ccccc1)c1ccc(C)cc1. The highest BCUT2D eigenvalue weighted by Gasteiger charge is 2.31. The van der Waals surface area contributed by atoms with Gasteiger partial charge in [-0.1, -0.05) is 73.5 Å². The Bertz CT molecular complexity index is 937. The van der Waals surface area contributed by atoms with Crippen molar-refractivity contribution in [3.63, 3.8) is 0 Å². The second kappa shape index (κ2) is 12.8. The molecule has 0 aromatic heterocycles. The minimum Gasteiger partial charge on any atom is -0.444 e. The molecule has 0 radical (unpaired) electrons. The number of aryl methyl sites for hydroxylation is 1. The average Bonchev–Trinajstić information content (AvgIpc) is 2.79. The van der Waals surface area contributed by atoms with E-state index in [2.05, 4.69) is 10.6 Å². The maximum atomic E-state index is 13.4. The van der Waals surface area contributed by atoms with Crippen molar-refractivity contribution in [1.82, 2.24) is 15.5 Å². The lowest BCUT2D eigenvalue weighted by molar-refractivity contribution is -0.140. The number of benzene rings is 2. The fourth-order valence-electron chi connectivity index (χ4n) is 3.39. The van der Waals surface area contributed by atoms with Gasteiger partial charge in [0.1, 0.15) is 18.2 Å². The molecule has 0 bridgehead atoms. The number of nitrogens with zero attached hydrogens (tertiary/aromatic N) is 1. The molecule has 2 N–H and O–H groups in total. The van der Waals surface area contributed by atoms with Crippen LogP contribution >= 0.6 is 0 Å². The molecule has 2 rings (SSSR count). The van der Waals surface area contributed by atoms with Crippen molar-refractivity contribution in [3.8, 4) is 0 Å². The summed E-state index contributed by atoms with van der Waals surface area (Å²) >= 11 is 0. The van der Waals surface area contributed by atoms with Gasteiger partial charge in [-0.2, -0.15) is 0 Å². The van der Waals surface area contributed by atoms with Crippen LogP contribution in [0.4, 0.5) is 4.79 Å². The Kier molecular flexibility index (Phi) is 10.1. The van der Waals surface area contributed by atoms with Gasteiger partial charge in [-0.25, -0.2) is 4.79 Å². The van der Waals surface area contributed by atoms with Crippen molar-refractivity contribution in [2.75, 3.05) is 13.1 Å². The Labute approximate surface area is 202 Å². The predicted molar refractivity (Wildman–Crippen MR) is 133 cm³/mol. The van der Waals surface area contributed by atoms with Crippen LogP contribution < -0.4 is 10.6 Å². The van der Waals surface area contributed by atoms with Crippen LogP contribution in [0.5, 0.6) is 0 Å². The number of amides is 3. The van der Waals surface area contributed by atoms with Crippen LogP contribution in [-0.2, 0) is 20.9 Å². The summed E-state index contributed by atoms with van der Waals surface area (Å²) in [4.78, 5) is 40.3. The maximum Gasteiger partial charge on any atom is 0.408 e. The molecule has 0 aliphatic rings. The number of unbranched alkanes of at least 4 members (excludes halogenated alkanes) is 1. The molecule has 34 heavy (non-hydrogen) atoms. The second-order valence-electron chi connectivity index (χ2n) is 9.31. The summed E-state index contributed by atoms with van der Waals surface area (Å²) < 4.78 is 5.24. The van der Waals surface area contributed by atoms with E-state index in [1.807, 2.05) is 68.4 Å². The van der Waals surface area contributed by atoms with Crippen molar-refractivity contribution in [2.45, 2.75) is 65.6 Å². The summed E-state index contributed by atoms with van der Waals surface area (Å²) in [5.74, 6) is -0.617. The van der Waals surface area contributed by atoms with Crippen LogP contribution in [0, 0.1) is 6.92 Å². The summed E-state index contributed by atoms with van der Waals surface area (Å²) in [6, 6.07) is 16.4. The van der Waals surface area contributed by atoms with Gasteiger partial charge < -0.3 is 20.3 Å². The van der Waals surface area contributed by atoms with E-state index in [0.29, 0.717) is 13.1 Å². The molecule has 0 aliphatic heterocycles. The molecule has 0 spiro atoms. The Morgan fingerprint density at radius 1 is 0.971 bits per heavy atom. The van der Waals surface area contributed by atoms with Gasteiger partial charge in [0.05, 0.1) is 0 Å². The first kappa shape index (κ1) is 26.9. The first-order chi connectivity index (χ1) is 16.1. The van der Waals surface area contributed by atoms with Crippen LogP contribution in [-0.4, -0.2) is 41.5 Å². The van der Waals surface area contributed by atoms with E-state index in [-0.39, 0.29) is 18.4 Å². The van der Waals surface area contributed by atoms with Crippen LogP contribution in [0.1, 0.15) is 63.3 Å². The molecule has 1 atom stereocenters. The molecule has 7 nitrogen and oxygen atoms in total. The zero-order valence-corrected chi connectivity index (χ0v) is 20.9. The summed E-state index contributed by atoms with van der Waals surface area (Å²) in [5, 5.41) is 5.50. The number of alkyl carbamates (subject to hydrolysis) is 1. The number of carbonyl (C=O) groups is 3. The molecule has 0 heterocycles. The summed E-state index contributed by atoms with van der Waals surface area (Å²) in [5.41, 5.74) is 2.08. The Morgan fingerprint density at radius 2 is 1.62 bits per heavy atom. The van der Waals surface area contributed by atoms with Gasteiger partial charge in [-0.05, 0) is 45.2 Å². The van der Waals surface area contributed by atoms with E-state index in [4.69, 9.17) is 4.74 Å². The standard InChI is InChI=1S/C27H37N3O4/c1-6-7-17-30(23(31)19-29-26(33)34-27(3,4)5)24(22-15-13-20(2)14-16-22)25(32)28-18-21-11-9-8-10-12-21/h8-16,24H,6-7,17-19H2,1-5H3,(H,28,32)(H,29,33). The Morgan fingerprint density at radius 3 is 2.21 bits per heavy atom. The molecule has 3 amide bonds. The molecule has 0 fully saturated rings. The molecule has 2 aromatic rings. The van der Waals surface area contributed by atoms with E-state index in [0.717, 1.165) is 29.5 Å². The van der Waals surface area contributed by atoms with Crippen molar-refractivity contribution in [1.29, 1.82) is 0 Å². The molecule has 184 valence electrons. The second-order valence-corrected chi connectivity index (χ2v) is 9.31. The third-order valence-corrected chi connectivity index (χ3v) is 5.12. The van der Waals surface area contributed by atoms with Crippen LogP contribution in [0.3, 0.4) is 0 Å². The predicted octanol–water partition coefficient (Wildman–Crippen LogP) is 4.51. The van der Waals surface area contributed by atoms with Gasteiger partial charge in [0.2, 0.25) is 11.8 Å². The first-order valence-electron chi connectivity index (χ1n) is 11.7. The molecule has 0 saturated heterocycles. The number of rotatable bonds is 10. The molecule has 0 aliphatic carbocycles. The van der Waals surface area contributed by atoms with Crippen molar-refractivity contribution >= 4 is 17.9 Å². The molecule has 2 aromatic carbocycles. The smallest absolute Gasteiger partial charge is 0.408 e. The highest BCUT2D eigenvalue weighted by Crippen LogP contribution is 2.23. The number of ether oxygens (including phenoxy) is 1. The van der Waals surface area contributed by atoms with Crippen molar-refractivity contribution < 1.29 is 19.1 Å². The van der Waals surface area contributed by atoms with Gasteiger partial charge >= 0.3 is 6.09 Å². The minimum atomic E-state index is -0.816. The van der Waals surface area contributed by atoms with Gasteiger partial charge in [0.15, 0.2) is 0 Å². The molecular weight excluding hydrogens is 430 g/mol. The van der Waals surface area contributed by atoms with E-state index in [9.17, 15) is 14.4 Å². The fraction of sp³-hybridized carbons (Fsp3) is 0.444. The highest BCUT2D eigenvalue weighted by atomic mass is 16.6. The number of hydrogen-bond donors (Lipinski definition) is 2. The molecule has 7 heteroatoms. The Hall–Kier alpha value is -3.35. The topological polar surface area (TPSA) is 87.7 Å². The highest BCUT2D eigenvalue weighted by molar-refractivity contribution is 5.90. The van der Waals surface area contributed by atoms with E-state index in [1.165, 1.54) is 0 Å². The van der Waals surface area contributed by atoms with Crippen LogP contribution in [0.2, 0.25) is 0 Å². The largest absolute Gasteiger partial charge is 0.444 e. The average molecular weight is 468 g/mol. The molecule has 1 unspecified atom stereocenters. The Balaban J connectivity index is 2.25. The van der Waals surface area contributed by atoms with E-state index < -0.39 is 17.7 Å². The summed E-state index contributed by atoms with van der Waals surface area (Å²) in [6.45, 7) is 9.76. The normalized spacial score (nSPS) is 11.9. The summed E-state index contributed by atoms with van der Waals surface area (Å²) in [7, 11) is 0. The third kappa shape index (κ3) is 8.89. The monoisotopic (exact) mass is 467 g/mol. The number of carbonyl (C=O) groups excluding carboxylic acids is 3. The fourth-order valence-corrected chi connectivity index (χ4v) is 3.39. The van der Waals surface area contributed by atoms with E-state index in [1.54, 1.807) is 25.7 Å². The molecule has 0 saturated carbocycles. The quantitative estimate of drug-likeness (QED) is 0.538. The van der Waals surface area contributed by atoms with Gasteiger partial charge in [-0.15, -0.1) is 0 Å². The zero-order valence-electron chi connectivity index (χ0n) is 20.9. The van der Waals surface area contributed by atoms with Crippen molar-refractivity contribution in [2.24, 2.45) is 0 Å². The minimum absolute atomic E-state index is 0.257. The molecular formula is C27H37N3O4. The van der Waals surface area contributed by atoms with E-state index >= 15 is 0 Å². The van der Waals surface area contributed by atoms with Crippen LogP contribution in [0.25, 0.3) is 0 Å². The lowest BCUT2D eigenvalue weighted by atomic mass is 10.0. The first-order valence-corrected chi connectivity index (χ1v) is 11.7. The summed E-state index contributed by atoms with van der Waals surface area (Å²) in [6.07, 6.45) is 0.916. The number of hydrogen-bond acceptors (Lipinski definition) is 4. The van der Waals surface area contributed by atoms with Gasteiger partial charge in [0, 0.05) is 13.1 Å². The van der Waals surface area contributed by atoms with Gasteiger partial charge in [-0.3, -0.25) is 9.59 Å². The lowest BCUT2D eigenvalue weighted by Gasteiger charge is -2.32. The van der Waals surface area contributed by atoms with Crippen molar-refractivity contribution in [3.05, 3.63) is 71.3 Å². The number of nitrogens with one attached hydrogen (secondary N) is 2. The zero-order chi connectivity index (χ0) is 25.1.